The number of halogens is 2. The van der Waals surface area contributed by atoms with Crippen LogP contribution >= 0.6 is 0 Å². The first kappa shape index (κ1) is 14.6. The lowest BCUT2D eigenvalue weighted by molar-refractivity contribution is 0.0566. The molecule has 3 rings (SSSR count). The number of aromatic nitrogens is 3. The van der Waals surface area contributed by atoms with Crippen LogP contribution in [0.3, 0.4) is 0 Å². The molecule has 1 aliphatic rings. The van der Waals surface area contributed by atoms with Crippen LogP contribution in [0, 0.1) is 0 Å². The lowest BCUT2D eigenvalue weighted by Gasteiger charge is -2.00. The summed E-state index contributed by atoms with van der Waals surface area (Å²) in [6.45, 7) is -1.64. The Hall–Kier alpha value is -1.82. The van der Waals surface area contributed by atoms with E-state index in [2.05, 4.69) is 27.5 Å². The second-order valence-electron chi connectivity index (χ2n) is 4.65. The van der Waals surface area contributed by atoms with Gasteiger partial charge in [0, 0.05) is 25.1 Å². The largest absolute Gasteiger partial charge is 0.333 e. The van der Waals surface area contributed by atoms with Crippen molar-refractivity contribution in [3.63, 3.8) is 0 Å². The van der Waals surface area contributed by atoms with Crippen molar-refractivity contribution >= 4 is 0 Å². The molecule has 1 saturated carbocycles. The molecule has 2 aromatic heterocycles. The van der Waals surface area contributed by atoms with Crippen molar-refractivity contribution in [1.82, 2.24) is 20.1 Å². The van der Waals surface area contributed by atoms with E-state index in [1.165, 1.54) is 36.9 Å². The third-order valence-corrected chi connectivity index (χ3v) is 2.98. The van der Waals surface area contributed by atoms with Crippen molar-refractivity contribution in [3.8, 4) is 0 Å². The fourth-order valence-corrected chi connectivity index (χ4v) is 1.78. The van der Waals surface area contributed by atoms with Crippen LogP contribution in [0.1, 0.15) is 36.6 Å². The summed E-state index contributed by atoms with van der Waals surface area (Å²) in [6.07, 6.45) is 7.25. The quantitative estimate of drug-likeness (QED) is 0.936. The first-order chi connectivity index (χ1) is 9.70. The van der Waals surface area contributed by atoms with Gasteiger partial charge in [0.05, 0.1) is 5.69 Å². The fourth-order valence-electron chi connectivity index (χ4n) is 1.78. The maximum absolute atomic E-state index is 11.5. The SMILES string of the molecule is CNCc1ccc(C2CC2)cn1.FC(F)n1cccn1. The van der Waals surface area contributed by atoms with Crippen molar-refractivity contribution in [1.29, 1.82) is 0 Å². The topological polar surface area (TPSA) is 42.7 Å². The molecule has 2 aromatic rings. The highest BCUT2D eigenvalue weighted by Crippen LogP contribution is 2.39. The molecule has 0 aromatic carbocycles. The van der Waals surface area contributed by atoms with E-state index >= 15 is 0 Å². The second-order valence-corrected chi connectivity index (χ2v) is 4.65. The molecule has 0 radical (unpaired) electrons. The summed E-state index contributed by atoms with van der Waals surface area (Å²) in [5.41, 5.74) is 2.54. The van der Waals surface area contributed by atoms with Crippen LogP contribution in [0.25, 0.3) is 0 Å². The van der Waals surface area contributed by atoms with Crippen LogP contribution in [0.4, 0.5) is 8.78 Å². The molecule has 1 fully saturated rings. The van der Waals surface area contributed by atoms with Gasteiger partial charge in [0.1, 0.15) is 0 Å². The predicted octanol–water partition coefficient (Wildman–Crippen LogP) is 2.96. The van der Waals surface area contributed by atoms with E-state index in [9.17, 15) is 8.78 Å². The van der Waals surface area contributed by atoms with Gasteiger partial charge < -0.3 is 5.32 Å². The van der Waals surface area contributed by atoms with E-state index in [0.29, 0.717) is 4.68 Å². The number of hydrogen-bond acceptors (Lipinski definition) is 3. The van der Waals surface area contributed by atoms with Gasteiger partial charge in [0.15, 0.2) is 0 Å². The summed E-state index contributed by atoms with van der Waals surface area (Å²) < 4.78 is 23.6. The molecule has 0 atom stereocenters. The number of nitrogens with one attached hydrogen (secondary N) is 1. The Bertz CT molecular complexity index is 492. The van der Waals surface area contributed by atoms with Gasteiger partial charge in [-0.05, 0) is 43.5 Å². The first-order valence-electron chi connectivity index (χ1n) is 6.57. The Labute approximate surface area is 116 Å². The summed E-state index contributed by atoms with van der Waals surface area (Å²) >= 11 is 0. The first-order valence-corrected chi connectivity index (χ1v) is 6.57. The summed E-state index contributed by atoms with van der Waals surface area (Å²) in [7, 11) is 1.94. The molecule has 0 saturated heterocycles. The van der Waals surface area contributed by atoms with E-state index in [0.717, 1.165) is 18.2 Å². The maximum Gasteiger partial charge on any atom is 0.333 e. The van der Waals surface area contributed by atoms with Crippen molar-refractivity contribution in [2.45, 2.75) is 31.9 Å². The van der Waals surface area contributed by atoms with Crippen molar-refractivity contribution < 1.29 is 8.78 Å². The fraction of sp³-hybridized carbons (Fsp3) is 0.429. The Kier molecular flexibility index (Phi) is 5.17. The summed E-state index contributed by atoms with van der Waals surface area (Å²) in [5.74, 6) is 0.820. The number of nitrogens with zero attached hydrogens (tertiary/aromatic N) is 3. The van der Waals surface area contributed by atoms with Crippen molar-refractivity contribution in [3.05, 3.63) is 48.0 Å². The predicted molar refractivity (Wildman–Crippen MR) is 72.5 cm³/mol. The lowest BCUT2D eigenvalue weighted by Crippen LogP contribution is -2.06. The summed E-state index contributed by atoms with van der Waals surface area (Å²) in [4.78, 5) is 4.37. The average molecular weight is 280 g/mol. The van der Waals surface area contributed by atoms with Gasteiger partial charge >= 0.3 is 6.55 Å². The van der Waals surface area contributed by atoms with E-state index < -0.39 is 6.55 Å². The average Bonchev–Trinajstić information content (AvgIpc) is 3.15. The normalized spacial score (nSPS) is 14.0. The minimum atomic E-state index is -2.51. The molecule has 0 bridgehead atoms. The molecule has 0 amide bonds. The van der Waals surface area contributed by atoms with Gasteiger partial charge in [0.25, 0.3) is 0 Å². The molecule has 6 heteroatoms. The Balaban J connectivity index is 0.000000160. The van der Waals surface area contributed by atoms with Crippen LogP contribution < -0.4 is 5.32 Å². The Morgan fingerprint density at radius 3 is 2.60 bits per heavy atom. The van der Waals surface area contributed by atoms with Gasteiger partial charge in [-0.2, -0.15) is 13.9 Å². The summed E-state index contributed by atoms with van der Waals surface area (Å²) in [6, 6.07) is 5.77. The zero-order chi connectivity index (χ0) is 14.4. The van der Waals surface area contributed by atoms with Crippen LogP contribution in [0.5, 0.6) is 0 Å². The highest BCUT2D eigenvalue weighted by molar-refractivity contribution is 5.22. The summed E-state index contributed by atoms with van der Waals surface area (Å²) in [5, 5.41) is 6.37. The van der Waals surface area contributed by atoms with Gasteiger partial charge in [-0.3, -0.25) is 4.98 Å². The molecular weight excluding hydrogens is 262 g/mol. The number of rotatable bonds is 4. The maximum atomic E-state index is 11.5. The molecule has 0 spiro atoms. The molecule has 20 heavy (non-hydrogen) atoms. The van der Waals surface area contributed by atoms with Crippen LogP contribution in [-0.2, 0) is 6.54 Å². The highest BCUT2D eigenvalue weighted by Gasteiger charge is 2.23. The smallest absolute Gasteiger partial charge is 0.314 e. The molecule has 1 aliphatic carbocycles. The zero-order valence-corrected chi connectivity index (χ0v) is 11.3. The third-order valence-electron chi connectivity index (χ3n) is 2.98. The second kappa shape index (κ2) is 7.09. The number of alkyl halides is 2. The van der Waals surface area contributed by atoms with E-state index in [1.54, 1.807) is 0 Å². The molecule has 4 nitrogen and oxygen atoms in total. The molecule has 1 N–H and O–H groups in total. The van der Waals surface area contributed by atoms with E-state index in [-0.39, 0.29) is 0 Å². The highest BCUT2D eigenvalue weighted by atomic mass is 19.3. The third kappa shape index (κ3) is 4.38. The Morgan fingerprint density at radius 2 is 2.20 bits per heavy atom. The molecule has 2 heterocycles. The molecule has 108 valence electrons. The zero-order valence-electron chi connectivity index (χ0n) is 11.3. The standard InChI is InChI=1S/C10H14N2.C4H4F2N2/c1-11-7-10-5-4-9(6-12-10)8-2-3-8;5-4(6)8-3-1-2-7-8/h4-6,8,11H,2-3,7H2,1H3;1-4H. The number of pyridine rings is 1. The van der Waals surface area contributed by atoms with E-state index in [1.807, 2.05) is 13.2 Å². The van der Waals surface area contributed by atoms with E-state index in [4.69, 9.17) is 0 Å². The van der Waals surface area contributed by atoms with Gasteiger partial charge in [-0.25, -0.2) is 4.68 Å². The lowest BCUT2D eigenvalue weighted by atomic mass is 10.2. The van der Waals surface area contributed by atoms with Crippen molar-refractivity contribution in [2.24, 2.45) is 0 Å². The van der Waals surface area contributed by atoms with Crippen molar-refractivity contribution in [2.75, 3.05) is 7.05 Å². The van der Waals surface area contributed by atoms with Gasteiger partial charge in [0.2, 0.25) is 0 Å². The van der Waals surface area contributed by atoms with Crippen LogP contribution in [0.15, 0.2) is 36.8 Å². The molecular formula is C14H18F2N4. The van der Waals surface area contributed by atoms with Gasteiger partial charge in [-0.1, -0.05) is 6.07 Å². The van der Waals surface area contributed by atoms with Gasteiger partial charge in [-0.15, -0.1) is 0 Å². The number of hydrogen-bond donors (Lipinski definition) is 1. The minimum absolute atomic E-state index is 0.583. The molecule has 0 aliphatic heterocycles. The minimum Gasteiger partial charge on any atom is -0.314 e. The Morgan fingerprint density at radius 1 is 1.40 bits per heavy atom. The van der Waals surface area contributed by atoms with Crippen LogP contribution in [0.2, 0.25) is 0 Å². The molecule has 0 unspecified atom stereocenters. The van der Waals surface area contributed by atoms with Crippen LogP contribution in [-0.4, -0.2) is 21.8 Å². The monoisotopic (exact) mass is 280 g/mol.